The van der Waals surface area contributed by atoms with Gasteiger partial charge in [0.25, 0.3) is 0 Å². The molecule has 1 heterocycles. The fourth-order valence-electron chi connectivity index (χ4n) is 3.34. The maximum Gasteiger partial charge on any atom is 0.240 e. The molecule has 1 unspecified atom stereocenters. The van der Waals surface area contributed by atoms with E-state index in [1.165, 1.54) is 17.4 Å². The Balaban J connectivity index is 1.73. The fraction of sp³-hybridized carbons (Fsp3) is 0.348. The van der Waals surface area contributed by atoms with E-state index in [0.29, 0.717) is 0 Å². The van der Waals surface area contributed by atoms with Gasteiger partial charge in [0.2, 0.25) is 5.91 Å². The van der Waals surface area contributed by atoms with Gasteiger partial charge in [0.05, 0.1) is 5.25 Å². The molecule has 1 amide bonds. The van der Waals surface area contributed by atoms with Crippen molar-refractivity contribution >= 4 is 29.0 Å². The molecular formula is C23H29N5OS. The number of aromatic nitrogens is 3. The Bertz CT molecular complexity index is 967. The molecule has 30 heavy (non-hydrogen) atoms. The molecule has 0 aliphatic carbocycles. The maximum atomic E-state index is 12.8. The van der Waals surface area contributed by atoms with Crippen LogP contribution in [-0.4, -0.2) is 46.1 Å². The summed E-state index contributed by atoms with van der Waals surface area (Å²) >= 11 is 1.42. The van der Waals surface area contributed by atoms with Crippen molar-refractivity contribution in [3.05, 3.63) is 54.6 Å². The highest BCUT2D eigenvalue weighted by atomic mass is 32.2. The molecule has 0 spiro atoms. The maximum absolute atomic E-state index is 12.8. The third-order valence-electron chi connectivity index (χ3n) is 5.19. The van der Waals surface area contributed by atoms with Crippen molar-refractivity contribution < 1.29 is 4.79 Å². The van der Waals surface area contributed by atoms with E-state index in [0.717, 1.165) is 35.3 Å². The number of hydrogen-bond donors (Lipinski definition) is 0. The lowest BCUT2D eigenvalue weighted by atomic mass is 10.2. The Morgan fingerprint density at radius 3 is 2.23 bits per heavy atom. The summed E-state index contributed by atoms with van der Waals surface area (Å²) < 4.78 is 1.95. The molecule has 2 aromatic carbocycles. The zero-order valence-corrected chi connectivity index (χ0v) is 19.1. The number of hydrogen-bond acceptors (Lipinski definition) is 5. The highest BCUT2D eigenvalue weighted by Gasteiger charge is 2.23. The van der Waals surface area contributed by atoms with Crippen LogP contribution in [0.1, 0.15) is 20.8 Å². The van der Waals surface area contributed by atoms with E-state index < -0.39 is 0 Å². The van der Waals surface area contributed by atoms with Gasteiger partial charge in [-0.05, 0) is 57.2 Å². The standard InChI is InChI=1S/C23H29N5OS/c1-6-28(7-2)20-15-13-18(14-16-20)21-24-25-23(27(21)5)30-17(3)22(29)26(4)19-11-9-8-10-12-19/h8-17H,6-7H2,1-5H3. The Morgan fingerprint density at radius 2 is 1.63 bits per heavy atom. The summed E-state index contributed by atoms with van der Waals surface area (Å²) in [5.74, 6) is 0.819. The van der Waals surface area contributed by atoms with Crippen molar-refractivity contribution in [1.82, 2.24) is 14.8 Å². The minimum atomic E-state index is -0.281. The smallest absolute Gasteiger partial charge is 0.240 e. The van der Waals surface area contributed by atoms with Crippen LogP contribution >= 0.6 is 11.8 Å². The molecule has 0 aliphatic heterocycles. The van der Waals surface area contributed by atoms with Gasteiger partial charge in [-0.25, -0.2) is 0 Å². The quantitative estimate of drug-likeness (QED) is 0.500. The molecule has 0 saturated carbocycles. The molecule has 6 nitrogen and oxygen atoms in total. The highest BCUT2D eigenvalue weighted by molar-refractivity contribution is 8.00. The zero-order chi connectivity index (χ0) is 21.7. The molecular weight excluding hydrogens is 394 g/mol. The molecule has 1 atom stereocenters. The van der Waals surface area contributed by atoms with Crippen molar-refractivity contribution in [1.29, 1.82) is 0 Å². The minimum Gasteiger partial charge on any atom is -0.372 e. The first-order valence-corrected chi connectivity index (χ1v) is 11.1. The second-order valence-corrected chi connectivity index (χ2v) is 8.39. The molecule has 3 aromatic rings. The lowest BCUT2D eigenvalue weighted by Crippen LogP contribution is -2.33. The van der Waals surface area contributed by atoms with Gasteiger partial charge in [-0.3, -0.25) is 4.79 Å². The number of carbonyl (C=O) groups is 1. The number of para-hydroxylation sites is 1. The van der Waals surface area contributed by atoms with Gasteiger partial charge in [-0.1, -0.05) is 30.0 Å². The first-order chi connectivity index (χ1) is 14.5. The van der Waals surface area contributed by atoms with Crippen LogP contribution in [-0.2, 0) is 11.8 Å². The summed E-state index contributed by atoms with van der Waals surface area (Å²) in [5, 5.41) is 9.14. The largest absolute Gasteiger partial charge is 0.372 e. The third-order valence-corrected chi connectivity index (χ3v) is 6.31. The van der Waals surface area contributed by atoms with Gasteiger partial charge in [0.1, 0.15) is 0 Å². The average molecular weight is 424 g/mol. The van der Waals surface area contributed by atoms with Crippen molar-refractivity contribution in [2.75, 3.05) is 29.9 Å². The second kappa shape index (κ2) is 9.80. The van der Waals surface area contributed by atoms with E-state index in [1.807, 2.05) is 48.9 Å². The summed E-state index contributed by atoms with van der Waals surface area (Å²) in [6.45, 7) is 8.16. The van der Waals surface area contributed by atoms with Gasteiger partial charge in [-0.15, -0.1) is 10.2 Å². The number of carbonyl (C=O) groups excluding carboxylic acids is 1. The number of rotatable bonds is 8. The van der Waals surface area contributed by atoms with Crippen LogP contribution in [0.4, 0.5) is 11.4 Å². The topological polar surface area (TPSA) is 54.3 Å². The normalized spacial score (nSPS) is 11.9. The summed E-state index contributed by atoms with van der Waals surface area (Å²) in [4.78, 5) is 16.8. The van der Waals surface area contributed by atoms with Crippen LogP contribution in [0.5, 0.6) is 0 Å². The average Bonchev–Trinajstić information content (AvgIpc) is 3.14. The van der Waals surface area contributed by atoms with E-state index in [-0.39, 0.29) is 11.2 Å². The minimum absolute atomic E-state index is 0.0272. The van der Waals surface area contributed by atoms with Crippen molar-refractivity contribution in [3.8, 4) is 11.4 Å². The van der Waals surface area contributed by atoms with Crippen LogP contribution in [0, 0.1) is 0 Å². The van der Waals surface area contributed by atoms with Crippen molar-refractivity contribution in [2.24, 2.45) is 7.05 Å². The molecule has 0 bridgehead atoms. The van der Waals surface area contributed by atoms with Crippen LogP contribution in [0.25, 0.3) is 11.4 Å². The molecule has 158 valence electrons. The molecule has 0 N–H and O–H groups in total. The lowest BCUT2D eigenvalue weighted by Gasteiger charge is -2.21. The van der Waals surface area contributed by atoms with Gasteiger partial charge >= 0.3 is 0 Å². The number of nitrogens with zero attached hydrogens (tertiary/aromatic N) is 5. The molecule has 3 rings (SSSR count). The van der Waals surface area contributed by atoms with E-state index >= 15 is 0 Å². The van der Waals surface area contributed by atoms with Crippen molar-refractivity contribution in [2.45, 2.75) is 31.2 Å². The van der Waals surface area contributed by atoms with Crippen LogP contribution < -0.4 is 9.80 Å². The number of anilines is 2. The summed E-state index contributed by atoms with van der Waals surface area (Å²) in [5.41, 5.74) is 3.08. The van der Waals surface area contributed by atoms with Gasteiger partial charge in [-0.2, -0.15) is 0 Å². The molecule has 0 radical (unpaired) electrons. The molecule has 0 fully saturated rings. The third kappa shape index (κ3) is 4.67. The summed E-state index contributed by atoms with van der Waals surface area (Å²) in [7, 11) is 3.74. The molecule has 7 heteroatoms. The number of thioether (sulfide) groups is 1. The van der Waals surface area contributed by atoms with E-state index in [2.05, 4.69) is 53.2 Å². The van der Waals surface area contributed by atoms with Crippen LogP contribution in [0.3, 0.4) is 0 Å². The lowest BCUT2D eigenvalue weighted by molar-refractivity contribution is -0.117. The number of amides is 1. The molecule has 0 saturated heterocycles. The second-order valence-electron chi connectivity index (χ2n) is 7.08. The van der Waals surface area contributed by atoms with Gasteiger partial charge < -0.3 is 14.4 Å². The Hall–Kier alpha value is -2.80. The summed E-state index contributed by atoms with van der Waals surface area (Å²) in [6.07, 6.45) is 0. The fourth-order valence-corrected chi connectivity index (χ4v) is 4.25. The van der Waals surface area contributed by atoms with E-state index in [4.69, 9.17) is 0 Å². The number of benzene rings is 2. The van der Waals surface area contributed by atoms with E-state index in [9.17, 15) is 4.79 Å². The SMILES string of the molecule is CCN(CC)c1ccc(-c2nnc(SC(C)C(=O)N(C)c3ccccc3)n2C)cc1. The summed E-state index contributed by atoms with van der Waals surface area (Å²) in [6, 6.07) is 18.0. The Morgan fingerprint density at radius 1 is 1.00 bits per heavy atom. The first kappa shape index (κ1) is 21.9. The predicted octanol–water partition coefficient (Wildman–Crippen LogP) is 4.47. The van der Waals surface area contributed by atoms with E-state index in [1.54, 1.807) is 11.9 Å². The Labute approximate surface area is 182 Å². The van der Waals surface area contributed by atoms with Crippen molar-refractivity contribution in [3.63, 3.8) is 0 Å². The monoisotopic (exact) mass is 423 g/mol. The first-order valence-electron chi connectivity index (χ1n) is 10.2. The van der Waals surface area contributed by atoms with Gasteiger partial charge in [0, 0.05) is 44.1 Å². The molecule has 1 aromatic heterocycles. The highest BCUT2D eigenvalue weighted by Crippen LogP contribution is 2.28. The van der Waals surface area contributed by atoms with Gasteiger partial charge in [0.15, 0.2) is 11.0 Å². The zero-order valence-electron chi connectivity index (χ0n) is 18.2. The Kier molecular flexibility index (Phi) is 7.15. The predicted molar refractivity (Wildman–Crippen MR) is 125 cm³/mol. The van der Waals surface area contributed by atoms with Crippen LogP contribution in [0.2, 0.25) is 0 Å². The molecule has 0 aliphatic rings. The van der Waals surface area contributed by atoms with Crippen LogP contribution in [0.15, 0.2) is 59.8 Å².